The molecular formula is C15H13BrN2. The van der Waals surface area contributed by atoms with Crippen LogP contribution in [0.2, 0.25) is 0 Å². The molecule has 0 aliphatic rings. The van der Waals surface area contributed by atoms with Gasteiger partial charge >= 0.3 is 0 Å². The second-order valence-corrected chi connectivity index (χ2v) is 5.08. The van der Waals surface area contributed by atoms with Crippen LogP contribution in [0.3, 0.4) is 0 Å². The number of hydrogen-bond donors (Lipinski definition) is 0. The van der Waals surface area contributed by atoms with Crippen molar-refractivity contribution < 1.29 is 0 Å². The van der Waals surface area contributed by atoms with Crippen LogP contribution in [0.4, 0.5) is 11.4 Å². The fraction of sp³-hybridized carbons (Fsp3) is 0.133. The van der Waals surface area contributed by atoms with Crippen molar-refractivity contribution in [2.24, 2.45) is 0 Å². The summed E-state index contributed by atoms with van der Waals surface area (Å²) in [4.78, 5) is 2.02. The first kappa shape index (κ1) is 12.7. The van der Waals surface area contributed by atoms with Gasteiger partial charge in [-0.2, -0.15) is 5.26 Å². The normalized spacial score (nSPS) is 9.89. The van der Waals surface area contributed by atoms with E-state index in [1.165, 1.54) is 5.56 Å². The third kappa shape index (κ3) is 2.55. The Labute approximate surface area is 116 Å². The van der Waals surface area contributed by atoms with E-state index in [0.29, 0.717) is 5.56 Å². The molecular weight excluding hydrogens is 288 g/mol. The minimum absolute atomic E-state index is 0.668. The molecule has 0 saturated carbocycles. The molecule has 2 nitrogen and oxygen atoms in total. The number of nitriles is 1. The highest BCUT2D eigenvalue weighted by molar-refractivity contribution is 9.10. The van der Waals surface area contributed by atoms with Crippen LogP contribution in [0, 0.1) is 18.3 Å². The zero-order valence-electron chi connectivity index (χ0n) is 10.3. The molecule has 0 aliphatic carbocycles. The van der Waals surface area contributed by atoms with Gasteiger partial charge < -0.3 is 4.90 Å². The third-order valence-electron chi connectivity index (χ3n) is 2.86. The maximum atomic E-state index is 9.16. The molecule has 0 fully saturated rings. The molecule has 0 atom stereocenters. The Morgan fingerprint density at radius 2 is 1.78 bits per heavy atom. The second-order valence-electron chi connectivity index (χ2n) is 4.17. The molecule has 0 saturated heterocycles. The van der Waals surface area contributed by atoms with E-state index < -0.39 is 0 Å². The Balaban J connectivity index is 2.45. The highest BCUT2D eigenvalue weighted by atomic mass is 79.9. The van der Waals surface area contributed by atoms with Crippen LogP contribution in [-0.2, 0) is 0 Å². The first-order valence-electron chi connectivity index (χ1n) is 5.62. The van der Waals surface area contributed by atoms with Gasteiger partial charge in [-0.1, -0.05) is 33.6 Å². The van der Waals surface area contributed by atoms with E-state index in [0.717, 1.165) is 15.8 Å². The molecule has 0 aliphatic heterocycles. The number of anilines is 2. The van der Waals surface area contributed by atoms with Crippen molar-refractivity contribution in [2.75, 3.05) is 11.9 Å². The molecule has 0 amide bonds. The summed E-state index contributed by atoms with van der Waals surface area (Å²) in [6.45, 7) is 2.06. The summed E-state index contributed by atoms with van der Waals surface area (Å²) >= 11 is 3.44. The van der Waals surface area contributed by atoms with Gasteiger partial charge in [-0.05, 0) is 37.3 Å². The van der Waals surface area contributed by atoms with Crippen LogP contribution < -0.4 is 4.90 Å². The minimum atomic E-state index is 0.668. The molecule has 90 valence electrons. The quantitative estimate of drug-likeness (QED) is 0.822. The van der Waals surface area contributed by atoms with E-state index in [4.69, 9.17) is 5.26 Å². The van der Waals surface area contributed by atoms with E-state index in [-0.39, 0.29) is 0 Å². The van der Waals surface area contributed by atoms with Crippen molar-refractivity contribution in [3.05, 3.63) is 58.1 Å². The van der Waals surface area contributed by atoms with Gasteiger partial charge in [-0.25, -0.2) is 0 Å². The summed E-state index contributed by atoms with van der Waals surface area (Å²) in [5, 5.41) is 9.16. The fourth-order valence-electron chi connectivity index (χ4n) is 1.78. The highest BCUT2D eigenvalue weighted by Gasteiger charge is 2.09. The average molecular weight is 301 g/mol. The molecule has 3 heteroatoms. The maximum Gasteiger partial charge on any atom is 0.101 e. The summed E-state index contributed by atoms with van der Waals surface area (Å²) in [5.74, 6) is 0. The number of benzene rings is 2. The van der Waals surface area contributed by atoms with Gasteiger partial charge in [0.1, 0.15) is 6.07 Å². The first-order chi connectivity index (χ1) is 8.61. The molecule has 0 unspecified atom stereocenters. The molecule has 2 aromatic carbocycles. The van der Waals surface area contributed by atoms with E-state index in [9.17, 15) is 0 Å². The zero-order chi connectivity index (χ0) is 13.1. The lowest BCUT2D eigenvalue weighted by Gasteiger charge is -2.21. The maximum absolute atomic E-state index is 9.16. The monoisotopic (exact) mass is 300 g/mol. The van der Waals surface area contributed by atoms with Crippen molar-refractivity contribution in [2.45, 2.75) is 6.92 Å². The van der Waals surface area contributed by atoms with Crippen LogP contribution >= 0.6 is 15.9 Å². The SMILES string of the molecule is Cc1ccc(N(C)c2cc(Br)ccc2C#N)cc1. The number of rotatable bonds is 2. The van der Waals surface area contributed by atoms with Gasteiger partial charge in [0.25, 0.3) is 0 Å². The molecule has 0 heterocycles. The summed E-state index contributed by atoms with van der Waals surface area (Å²) in [7, 11) is 1.97. The minimum Gasteiger partial charge on any atom is -0.344 e. The number of hydrogen-bond acceptors (Lipinski definition) is 2. The molecule has 0 spiro atoms. The zero-order valence-corrected chi connectivity index (χ0v) is 11.9. The highest BCUT2D eigenvalue weighted by Crippen LogP contribution is 2.29. The Morgan fingerprint density at radius 3 is 2.39 bits per heavy atom. The van der Waals surface area contributed by atoms with E-state index in [2.05, 4.69) is 53.2 Å². The number of halogens is 1. The largest absolute Gasteiger partial charge is 0.344 e. The number of nitrogens with zero attached hydrogens (tertiary/aromatic N) is 2. The molecule has 0 bridgehead atoms. The van der Waals surface area contributed by atoms with E-state index in [1.807, 2.05) is 30.1 Å². The summed E-state index contributed by atoms with van der Waals surface area (Å²) in [6, 6.07) is 16.1. The molecule has 2 aromatic rings. The Bertz CT molecular complexity index is 597. The van der Waals surface area contributed by atoms with Gasteiger partial charge in [0.15, 0.2) is 0 Å². The smallest absolute Gasteiger partial charge is 0.101 e. The lowest BCUT2D eigenvalue weighted by molar-refractivity contribution is 1.19. The first-order valence-corrected chi connectivity index (χ1v) is 6.41. The van der Waals surface area contributed by atoms with Crippen LogP contribution in [0.15, 0.2) is 46.9 Å². The molecule has 0 aromatic heterocycles. The van der Waals surface area contributed by atoms with Crippen molar-refractivity contribution >= 4 is 27.3 Å². The van der Waals surface area contributed by atoms with Gasteiger partial charge in [0.05, 0.1) is 11.3 Å². The predicted octanol–water partition coefficient (Wildman–Crippen LogP) is 4.40. The second kappa shape index (κ2) is 5.24. The lowest BCUT2D eigenvalue weighted by Crippen LogP contribution is -2.11. The Hall–Kier alpha value is -1.79. The van der Waals surface area contributed by atoms with Gasteiger partial charge in [0, 0.05) is 17.2 Å². The predicted molar refractivity (Wildman–Crippen MR) is 78.1 cm³/mol. The van der Waals surface area contributed by atoms with Crippen molar-refractivity contribution in [3.8, 4) is 6.07 Å². The third-order valence-corrected chi connectivity index (χ3v) is 3.36. The van der Waals surface area contributed by atoms with Gasteiger partial charge in [-0.15, -0.1) is 0 Å². The molecule has 18 heavy (non-hydrogen) atoms. The van der Waals surface area contributed by atoms with Crippen molar-refractivity contribution in [3.63, 3.8) is 0 Å². The van der Waals surface area contributed by atoms with Crippen molar-refractivity contribution in [1.82, 2.24) is 0 Å². The molecule has 0 N–H and O–H groups in total. The summed E-state index contributed by atoms with van der Waals surface area (Å²) in [6.07, 6.45) is 0. The van der Waals surface area contributed by atoms with Crippen LogP contribution in [0.5, 0.6) is 0 Å². The average Bonchev–Trinajstić information content (AvgIpc) is 2.39. The van der Waals surface area contributed by atoms with Crippen molar-refractivity contribution in [1.29, 1.82) is 5.26 Å². The van der Waals surface area contributed by atoms with E-state index in [1.54, 1.807) is 0 Å². The summed E-state index contributed by atoms with van der Waals surface area (Å²) < 4.78 is 0.968. The topological polar surface area (TPSA) is 27.0 Å². The van der Waals surface area contributed by atoms with Crippen LogP contribution in [0.25, 0.3) is 0 Å². The molecule has 0 radical (unpaired) electrons. The standard InChI is InChI=1S/C15H13BrN2/c1-11-3-7-14(8-4-11)18(2)15-9-13(16)6-5-12(15)10-17/h3-9H,1-2H3. The fourth-order valence-corrected chi connectivity index (χ4v) is 2.13. The Kier molecular flexibility index (Phi) is 3.69. The van der Waals surface area contributed by atoms with E-state index >= 15 is 0 Å². The van der Waals surface area contributed by atoms with Gasteiger partial charge in [0.2, 0.25) is 0 Å². The van der Waals surface area contributed by atoms with Gasteiger partial charge in [-0.3, -0.25) is 0 Å². The van der Waals surface area contributed by atoms with Crippen LogP contribution in [0.1, 0.15) is 11.1 Å². The lowest BCUT2D eigenvalue weighted by atomic mass is 10.1. The number of aryl methyl sites for hydroxylation is 1. The Morgan fingerprint density at radius 1 is 1.11 bits per heavy atom. The van der Waals surface area contributed by atoms with Crippen LogP contribution in [-0.4, -0.2) is 7.05 Å². The summed E-state index contributed by atoms with van der Waals surface area (Å²) in [5.41, 5.74) is 3.86. The molecule has 2 rings (SSSR count).